The first-order chi connectivity index (χ1) is 6.20. The van der Waals surface area contributed by atoms with Crippen LogP contribution in [0.3, 0.4) is 0 Å². The summed E-state index contributed by atoms with van der Waals surface area (Å²) >= 11 is 0. The molecule has 86 valence electrons. The predicted octanol–water partition coefficient (Wildman–Crippen LogP) is 3.23. The second kappa shape index (κ2) is 8.04. The zero-order valence-corrected chi connectivity index (χ0v) is 8.08. The van der Waals surface area contributed by atoms with Crippen molar-refractivity contribution >= 4 is 5.91 Å². The van der Waals surface area contributed by atoms with E-state index in [1.165, 1.54) is 0 Å². The van der Waals surface area contributed by atoms with Crippen molar-refractivity contribution in [3.8, 4) is 0 Å². The van der Waals surface area contributed by atoms with Crippen molar-refractivity contribution in [1.82, 2.24) is 5.32 Å². The highest BCUT2D eigenvalue weighted by molar-refractivity contribution is 5.77. The van der Waals surface area contributed by atoms with Gasteiger partial charge in [0.05, 0.1) is 0 Å². The Morgan fingerprint density at radius 3 is 2.20 bits per heavy atom. The molecule has 1 rings (SSSR count). The number of amides is 1. The van der Waals surface area contributed by atoms with Gasteiger partial charge in [-0.15, -0.1) is 0 Å². The minimum absolute atomic E-state index is 0. The van der Waals surface area contributed by atoms with Gasteiger partial charge in [-0.3, -0.25) is 4.79 Å². The van der Waals surface area contributed by atoms with Gasteiger partial charge in [-0.2, -0.15) is 0 Å². The minimum Gasteiger partial charge on any atom is -0.352 e. The van der Waals surface area contributed by atoms with E-state index in [-0.39, 0.29) is 26.7 Å². The zero-order chi connectivity index (χ0) is 9.68. The van der Waals surface area contributed by atoms with Crippen LogP contribution in [0.15, 0.2) is 30.3 Å². The number of rotatable bonds is 3. The highest BCUT2D eigenvalue weighted by Gasteiger charge is 2.04. The topological polar surface area (TPSA) is 29.1 Å². The van der Waals surface area contributed by atoms with Gasteiger partial charge < -0.3 is 5.32 Å². The Balaban J connectivity index is 0. The van der Waals surface area contributed by atoms with E-state index in [2.05, 4.69) is 5.32 Å². The largest absolute Gasteiger partial charge is 0.352 e. The van der Waals surface area contributed by atoms with Crippen molar-refractivity contribution in [2.24, 2.45) is 5.92 Å². The van der Waals surface area contributed by atoms with Crippen molar-refractivity contribution in [2.45, 2.75) is 35.2 Å². The van der Waals surface area contributed by atoms with Crippen LogP contribution in [0.2, 0.25) is 0 Å². The summed E-state index contributed by atoms with van der Waals surface area (Å²) in [7, 11) is 0. The molecule has 1 aromatic carbocycles. The van der Waals surface area contributed by atoms with E-state index in [1.807, 2.05) is 44.2 Å². The third-order valence-corrected chi connectivity index (χ3v) is 1.83. The molecular weight excluding hydrogens is 186 g/mol. The van der Waals surface area contributed by atoms with Gasteiger partial charge in [0, 0.05) is 12.5 Å². The standard InChI is InChI=1S/C11H15NO.2CH4/c1-9(2)11(13)12-8-10-6-4-3-5-7-10;;/h3-7,9H,8H2,1-2H3,(H,12,13);2*1H4. The fourth-order valence-electron chi connectivity index (χ4n) is 0.989. The lowest BCUT2D eigenvalue weighted by Gasteiger charge is -2.06. The van der Waals surface area contributed by atoms with E-state index >= 15 is 0 Å². The Kier molecular flexibility index (Phi) is 8.64. The van der Waals surface area contributed by atoms with Crippen LogP contribution in [-0.2, 0) is 11.3 Å². The molecule has 1 aromatic rings. The minimum atomic E-state index is 0. The predicted molar refractivity (Wildman–Crippen MR) is 66.6 cm³/mol. The highest BCUT2D eigenvalue weighted by atomic mass is 16.1. The third-order valence-electron chi connectivity index (χ3n) is 1.83. The summed E-state index contributed by atoms with van der Waals surface area (Å²) in [5, 5.41) is 2.86. The molecule has 0 bridgehead atoms. The van der Waals surface area contributed by atoms with E-state index in [4.69, 9.17) is 0 Å². The maximum Gasteiger partial charge on any atom is 0.222 e. The quantitative estimate of drug-likeness (QED) is 0.813. The first-order valence-corrected chi connectivity index (χ1v) is 4.52. The average molecular weight is 209 g/mol. The number of carbonyl (C=O) groups excluding carboxylic acids is 1. The number of nitrogens with one attached hydrogen (secondary N) is 1. The van der Waals surface area contributed by atoms with Crippen LogP contribution in [-0.4, -0.2) is 5.91 Å². The SMILES string of the molecule is C.C.CC(C)C(=O)NCc1ccccc1. The molecule has 0 atom stereocenters. The molecule has 0 saturated heterocycles. The summed E-state index contributed by atoms with van der Waals surface area (Å²) < 4.78 is 0. The molecule has 15 heavy (non-hydrogen) atoms. The summed E-state index contributed by atoms with van der Waals surface area (Å²) in [5.74, 6) is 0.160. The molecule has 0 unspecified atom stereocenters. The van der Waals surface area contributed by atoms with E-state index < -0.39 is 0 Å². The lowest BCUT2D eigenvalue weighted by Crippen LogP contribution is -2.26. The maximum atomic E-state index is 11.2. The molecule has 0 fully saturated rings. The Hall–Kier alpha value is -1.31. The van der Waals surface area contributed by atoms with Gasteiger partial charge in [-0.1, -0.05) is 59.0 Å². The molecule has 0 aromatic heterocycles. The summed E-state index contributed by atoms with van der Waals surface area (Å²) in [6.07, 6.45) is 0. The Morgan fingerprint density at radius 1 is 1.20 bits per heavy atom. The highest BCUT2D eigenvalue weighted by Crippen LogP contribution is 1.98. The molecule has 0 spiro atoms. The molecule has 1 N–H and O–H groups in total. The van der Waals surface area contributed by atoms with Crippen LogP contribution in [0, 0.1) is 5.92 Å². The summed E-state index contributed by atoms with van der Waals surface area (Å²) in [4.78, 5) is 11.2. The molecule has 1 amide bonds. The Morgan fingerprint density at radius 2 is 1.73 bits per heavy atom. The van der Waals surface area contributed by atoms with Crippen LogP contribution in [0.25, 0.3) is 0 Å². The van der Waals surface area contributed by atoms with Gasteiger partial charge in [0.25, 0.3) is 0 Å². The lowest BCUT2D eigenvalue weighted by atomic mass is 10.2. The first-order valence-electron chi connectivity index (χ1n) is 4.52. The van der Waals surface area contributed by atoms with E-state index in [0.717, 1.165) is 5.56 Å². The van der Waals surface area contributed by atoms with Gasteiger partial charge in [0.2, 0.25) is 5.91 Å². The van der Waals surface area contributed by atoms with Crippen molar-refractivity contribution < 1.29 is 4.79 Å². The Labute approximate surface area is 93.7 Å². The van der Waals surface area contributed by atoms with Crippen LogP contribution in [0.1, 0.15) is 34.3 Å². The number of hydrogen-bond donors (Lipinski definition) is 1. The second-order valence-electron chi connectivity index (χ2n) is 3.36. The smallest absolute Gasteiger partial charge is 0.222 e. The van der Waals surface area contributed by atoms with Crippen molar-refractivity contribution in [2.75, 3.05) is 0 Å². The molecule has 2 nitrogen and oxygen atoms in total. The zero-order valence-electron chi connectivity index (χ0n) is 8.08. The second-order valence-corrected chi connectivity index (χ2v) is 3.36. The normalized spacial score (nSPS) is 8.73. The van der Waals surface area contributed by atoms with Gasteiger partial charge in [0.1, 0.15) is 0 Å². The van der Waals surface area contributed by atoms with Gasteiger partial charge in [-0.05, 0) is 5.56 Å². The molecule has 0 heterocycles. The van der Waals surface area contributed by atoms with Crippen LogP contribution >= 0.6 is 0 Å². The van der Waals surface area contributed by atoms with Crippen molar-refractivity contribution in [3.05, 3.63) is 35.9 Å². The van der Waals surface area contributed by atoms with Gasteiger partial charge in [0.15, 0.2) is 0 Å². The molecule has 0 aliphatic carbocycles. The number of benzene rings is 1. The van der Waals surface area contributed by atoms with Crippen molar-refractivity contribution in [1.29, 1.82) is 0 Å². The fourth-order valence-corrected chi connectivity index (χ4v) is 0.989. The molecule has 0 aliphatic heterocycles. The number of hydrogen-bond acceptors (Lipinski definition) is 1. The summed E-state index contributed by atoms with van der Waals surface area (Å²) in [5.41, 5.74) is 1.14. The van der Waals surface area contributed by atoms with Gasteiger partial charge >= 0.3 is 0 Å². The van der Waals surface area contributed by atoms with Crippen LogP contribution in [0.5, 0.6) is 0 Å². The monoisotopic (exact) mass is 209 g/mol. The number of carbonyl (C=O) groups is 1. The molecule has 0 saturated carbocycles. The van der Waals surface area contributed by atoms with E-state index in [0.29, 0.717) is 6.54 Å². The molecule has 0 aliphatic rings. The average Bonchev–Trinajstić information content (AvgIpc) is 2.15. The van der Waals surface area contributed by atoms with Crippen molar-refractivity contribution in [3.63, 3.8) is 0 Å². The van der Waals surface area contributed by atoms with Crippen LogP contribution < -0.4 is 5.32 Å². The first kappa shape index (κ1) is 16.1. The molecular formula is C13H23NO. The molecule has 0 radical (unpaired) electrons. The van der Waals surface area contributed by atoms with E-state index in [1.54, 1.807) is 0 Å². The van der Waals surface area contributed by atoms with Gasteiger partial charge in [-0.25, -0.2) is 0 Å². The lowest BCUT2D eigenvalue weighted by molar-refractivity contribution is -0.124. The van der Waals surface area contributed by atoms with Crippen LogP contribution in [0.4, 0.5) is 0 Å². The third kappa shape index (κ3) is 5.89. The summed E-state index contributed by atoms with van der Waals surface area (Å²) in [6, 6.07) is 9.91. The van der Waals surface area contributed by atoms with E-state index in [9.17, 15) is 4.79 Å². The molecule has 2 heteroatoms. The maximum absolute atomic E-state index is 11.2. The summed E-state index contributed by atoms with van der Waals surface area (Å²) in [6.45, 7) is 4.40. The fraction of sp³-hybridized carbons (Fsp3) is 0.462. The Bertz CT molecular complexity index is 267.